The monoisotopic (exact) mass is 548 g/mol. The van der Waals surface area contributed by atoms with Gasteiger partial charge in [-0.05, 0) is 61.9 Å². The van der Waals surface area contributed by atoms with Gasteiger partial charge in [0.2, 0.25) is 5.89 Å². The van der Waals surface area contributed by atoms with E-state index in [1.54, 1.807) is 4.90 Å². The van der Waals surface area contributed by atoms with Gasteiger partial charge in [-0.25, -0.2) is 9.78 Å². The summed E-state index contributed by atoms with van der Waals surface area (Å²) in [5, 5.41) is 0. The molecule has 40 heavy (non-hydrogen) atoms. The summed E-state index contributed by atoms with van der Waals surface area (Å²) in [5.74, 6) is 2.19. The van der Waals surface area contributed by atoms with Gasteiger partial charge in [-0.1, -0.05) is 44.2 Å². The molecule has 0 N–H and O–H groups in total. The van der Waals surface area contributed by atoms with Gasteiger partial charge in [-0.3, -0.25) is 4.79 Å². The van der Waals surface area contributed by atoms with Crippen LogP contribution in [0.5, 0.6) is 5.75 Å². The van der Waals surface area contributed by atoms with Gasteiger partial charge in [-0.2, -0.15) is 0 Å². The van der Waals surface area contributed by atoms with Gasteiger partial charge in [0, 0.05) is 37.4 Å². The molecule has 0 radical (unpaired) electrons. The number of carbonyl (C=O) groups excluding carboxylic acids is 2. The summed E-state index contributed by atoms with van der Waals surface area (Å²) in [6.45, 7) is 9.96. The third-order valence-electron chi connectivity index (χ3n) is 7.10. The Morgan fingerprint density at radius 3 is 2.65 bits per heavy atom. The third kappa shape index (κ3) is 7.87. The van der Waals surface area contributed by atoms with Gasteiger partial charge in [0.1, 0.15) is 11.5 Å². The molecule has 1 fully saturated rings. The van der Waals surface area contributed by atoms with E-state index >= 15 is 0 Å². The molecule has 0 bridgehead atoms. The minimum atomic E-state index is -0.307. The third-order valence-corrected chi connectivity index (χ3v) is 7.10. The molecule has 1 aliphatic heterocycles. The number of esters is 1. The lowest BCUT2D eigenvalue weighted by Gasteiger charge is -2.38. The summed E-state index contributed by atoms with van der Waals surface area (Å²) in [6, 6.07) is 17.8. The zero-order chi connectivity index (χ0) is 28.5. The van der Waals surface area contributed by atoms with Crippen LogP contribution in [-0.2, 0) is 20.7 Å². The Bertz CT molecular complexity index is 1260. The summed E-state index contributed by atoms with van der Waals surface area (Å²) < 4.78 is 22.7. The molecule has 0 spiro atoms. The van der Waals surface area contributed by atoms with Crippen molar-refractivity contribution in [3.63, 3.8) is 0 Å². The van der Waals surface area contributed by atoms with E-state index in [4.69, 9.17) is 18.6 Å². The topological polar surface area (TPSA) is 91.1 Å². The molecule has 2 aromatic carbocycles. The molecule has 4 rings (SSSR count). The van der Waals surface area contributed by atoms with Crippen LogP contribution >= 0.6 is 0 Å². The Morgan fingerprint density at radius 1 is 1.10 bits per heavy atom. The van der Waals surface area contributed by atoms with Crippen molar-refractivity contribution < 1.29 is 28.2 Å². The van der Waals surface area contributed by atoms with E-state index in [0.717, 1.165) is 28.3 Å². The fourth-order valence-corrected chi connectivity index (χ4v) is 5.02. The van der Waals surface area contributed by atoms with Crippen LogP contribution in [0.25, 0.3) is 11.5 Å². The van der Waals surface area contributed by atoms with E-state index < -0.39 is 0 Å². The first-order valence-electron chi connectivity index (χ1n) is 14.2. The first-order chi connectivity index (χ1) is 19.3. The quantitative estimate of drug-likeness (QED) is 0.255. The molecule has 1 aliphatic rings. The van der Waals surface area contributed by atoms with Crippen molar-refractivity contribution in [2.45, 2.75) is 52.9 Å². The molecular formula is C32H40N2O6. The molecular weight excluding hydrogens is 508 g/mol. The van der Waals surface area contributed by atoms with E-state index in [0.29, 0.717) is 58.1 Å². The molecule has 1 saturated heterocycles. The van der Waals surface area contributed by atoms with Crippen molar-refractivity contribution in [2.75, 3.05) is 32.9 Å². The highest BCUT2D eigenvalue weighted by Crippen LogP contribution is 2.36. The molecule has 8 nitrogen and oxygen atoms in total. The second kappa shape index (κ2) is 14.0. The number of aryl methyl sites for hydroxylation is 1. The first kappa shape index (κ1) is 29.2. The van der Waals surface area contributed by atoms with Crippen molar-refractivity contribution >= 4 is 12.1 Å². The number of ether oxygens (including phenoxy) is 3. The number of hydrogen-bond donors (Lipinski definition) is 0. The molecule has 0 saturated carbocycles. The van der Waals surface area contributed by atoms with E-state index in [-0.39, 0.29) is 29.8 Å². The number of nitrogens with zero attached hydrogens (tertiary/aromatic N) is 2. The minimum Gasteiger partial charge on any atom is -0.493 e. The summed E-state index contributed by atoms with van der Waals surface area (Å²) in [5.41, 5.74) is 2.84. The van der Waals surface area contributed by atoms with Crippen LogP contribution in [0, 0.1) is 18.8 Å². The van der Waals surface area contributed by atoms with Gasteiger partial charge >= 0.3 is 12.1 Å². The van der Waals surface area contributed by atoms with Gasteiger partial charge in [0.15, 0.2) is 0 Å². The SMILES string of the molecule is CCOC(=O)CC1CCN(C(=O)OCC(C)C)CC1c1cccc(OCCc2nc(-c3ccccc3)oc2C)c1. The highest BCUT2D eigenvalue weighted by Gasteiger charge is 2.35. The van der Waals surface area contributed by atoms with Gasteiger partial charge in [0.05, 0.1) is 25.5 Å². The maximum Gasteiger partial charge on any atom is 0.409 e. The summed E-state index contributed by atoms with van der Waals surface area (Å²) >= 11 is 0. The number of amides is 1. The zero-order valence-electron chi connectivity index (χ0n) is 23.9. The summed E-state index contributed by atoms with van der Waals surface area (Å²) in [4.78, 5) is 31.5. The number of carbonyl (C=O) groups is 2. The molecule has 2 heterocycles. The molecule has 0 aliphatic carbocycles. The second-order valence-corrected chi connectivity index (χ2v) is 10.6. The first-order valence-corrected chi connectivity index (χ1v) is 14.2. The van der Waals surface area contributed by atoms with Crippen molar-refractivity contribution in [1.29, 1.82) is 0 Å². The number of piperidine rings is 1. The second-order valence-electron chi connectivity index (χ2n) is 10.6. The van der Waals surface area contributed by atoms with Gasteiger partial charge in [-0.15, -0.1) is 0 Å². The van der Waals surface area contributed by atoms with E-state index in [9.17, 15) is 9.59 Å². The Kier molecular flexibility index (Phi) is 10.2. The average molecular weight is 549 g/mol. The van der Waals surface area contributed by atoms with Crippen molar-refractivity contribution in [2.24, 2.45) is 11.8 Å². The molecule has 1 aromatic heterocycles. The van der Waals surface area contributed by atoms with Crippen molar-refractivity contribution in [1.82, 2.24) is 9.88 Å². The van der Waals surface area contributed by atoms with Crippen LogP contribution in [0.1, 0.15) is 56.5 Å². The maximum atomic E-state index is 12.7. The van der Waals surface area contributed by atoms with Crippen LogP contribution in [0.15, 0.2) is 59.0 Å². The lowest BCUT2D eigenvalue weighted by atomic mass is 9.79. The number of oxazole rings is 1. The predicted molar refractivity (Wildman–Crippen MR) is 152 cm³/mol. The van der Waals surface area contributed by atoms with Crippen LogP contribution in [0.3, 0.4) is 0 Å². The molecule has 214 valence electrons. The minimum absolute atomic E-state index is 0.0421. The normalized spacial score (nSPS) is 17.1. The fraction of sp³-hybridized carbons (Fsp3) is 0.469. The Balaban J connectivity index is 1.43. The summed E-state index contributed by atoms with van der Waals surface area (Å²) in [7, 11) is 0. The average Bonchev–Trinajstić information content (AvgIpc) is 3.33. The molecule has 3 aromatic rings. The smallest absolute Gasteiger partial charge is 0.409 e. The lowest BCUT2D eigenvalue weighted by Crippen LogP contribution is -2.44. The number of aromatic nitrogens is 1. The zero-order valence-corrected chi connectivity index (χ0v) is 23.9. The van der Waals surface area contributed by atoms with Gasteiger partial charge < -0.3 is 23.5 Å². The van der Waals surface area contributed by atoms with Crippen molar-refractivity contribution in [3.8, 4) is 17.2 Å². The Hall–Kier alpha value is -3.81. The fourth-order valence-electron chi connectivity index (χ4n) is 5.02. The Morgan fingerprint density at radius 2 is 1.90 bits per heavy atom. The van der Waals surface area contributed by atoms with E-state index in [1.807, 2.05) is 82.3 Å². The van der Waals surface area contributed by atoms with Crippen LogP contribution in [-0.4, -0.2) is 54.9 Å². The molecule has 1 amide bonds. The maximum absolute atomic E-state index is 12.7. The Labute approximate surface area is 236 Å². The van der Waals surface area contributed by atoms with Crippen molar-refractivity contribution in [3.05, 3.63) is 71.6 Å². The number of hydrogen-bond acceptors (Lipinski definition) is 7. The standard InChI is InChI=1S/C32H40N2O6/c1-5-37-30(35)19-26-14-16-34(32(36)39-21-22(2)3)20-28(26)25-12-9-13-27(18-25)38-17-15-29-23(4)40-31(33-29)24-10-7-6-8-11-24/h6-13,18,22,26,28H,5,14-17,19-21H2,1-4H3. The summed E-state index contributed by atoms with van der Waals surface area (Å²) in [6.07, 6.45) is 1.31. The number of benzene rings is 2. The highest BCUT2D eigenvalue weighted by molar-refractivity contribution is 5.70. The molecule has 2 unspecified atom stereocenters. The number of rotatable bonds is 11. The van der Waals surface area contributed by atoms with E-state index in [1.165, 1.54) is 0 Å². The van der Waals surface area contributed by atoms with E-state index in [2.05, 4.69) is 4.98 Å². The lowest BCUT2D eigenvalue weighted by molar-refractivity contribution is -0.144. The molecule has 8 heteroatoms. The highest BCUT2D eigenvalue weighted by atomic mass is 16.6. The largest absolute Gasteiger partial charge is 0.493 e. The van der Waals surface area contributed by atoms with Crippen LogP contribution < -0.4 is 4.74 Å². The van der Waals surface area contributed by atoms with Gasteiger partial charge in [0.25, 0.3) is 0 Å². The molecule has 2 atom stereocenters. The van der Waals surface area contributed by atoms with Crippen LogP contribution in [0.4, 0.5) is 4.79 Å². The number of likely N-dealkylation sites (tertiary alicyclic amines) is 1. The van der Waals surface area contributed by atoms with Crippen LogP contribution in [0.2, 0.25) is 0 Å². The predicted octanol–water partition coefficient (Wildman–Crippen LogP) is 6.42.